The normalized spacial score (nSPS) is 12.5. The minimum atomic E-state index is 0. The fourth-order valence-corrected chi connectivity index (χ4v) is 4.73. The standard InChI is InChI=1S/C32H32N3.2HI/c1-21(25-11-15-34(5)16-12-25)23(3)27-7-9-31-29(19-27)30-20-28(8-10-32(30)33-31)24(4)22(2)26-13-17-35(6)18-14-26;;/h7-20H,1-6H3;2*1H/q+1;;/p-1. The van der Waals surface area contributed by atoms with Gasteiger partial charge < -0.3 is 52.9 Å². The first-order valence-electron chi connectivity index (χ1n) is 12.1. The smallest absolute Gasteiger partial charge is 0.169 e. The quantitative estimate of drug-likeness (QED) is 0.212. The van der Waals surface area contributed by atoms with E-state index in [1.165, 1.54) is 66.4 Å². The predicted octanol–water partition coefficient (Wildman–Crippen LogP) is 0.879. The molecule has 0 amide bonds. The van der Waals surface area contributed by atoms with Gasteiger partial charge >= 0.3 is 0 Å². The van der Waals surface area contributed by atoms with E-state index in [1.54, 1.807) is 0 Å². The lowest BCUT2D eigenvalue weighted by atomic mass is 9.95. The van der Waals surface area contributed by atoms with Gasteiger partial charge in [0.25, 0.3) is 0 Å². The number of aryl methyl sites for hydroxylation is 2. The van der Waals surface area contributed by atoms with E-state index in [4.69, 9.17) is 0 Å². The predicted molar refractivity (Wildman–Crippen MR) is 147 cm³/mol. The number of H-pyrrole nitrogens is 1. The molecule has 0 aliphatic heterocycles. The van der Waals surface area contributed by atoms with E-state index in [0.29, 0.717) is 0 Å². The highest BCUT2D eigenvalue weighted by Crippen LogP contribution is 2.34. The first-order valence-corrected chi connectivity index (χ1v) is 12.1. The van der Waals surface area contributed by atoms with Crippen LogP contribution in [0, 0.1) is 0 Å². The molecule has 0 aliphatic carbocycles. The highest BCUT2D eigenvalue weighted by Gasteiger charge is 2.11. The SMILES string of the molecule is C/C(=C(/C)c1ccc2[nH]c3ccc(/C(C)=C(\C)c4cc[n+](C)cc4)cc3c2c1)c1cc[n+](C)cc1.[I-].[I-]. The van der Waals surface area contributed by atoms with Gasteiger partial charge in [0.1, 0.15) is 14.1 Å². The summed E-state index contributed by atoms with van der Waals surface area (Å²) in [4.78, 5) is 3.61. The third-order valence-electron chi connectivity index (χ3n) is 7.41. The highest BCUT2D eigenvalue weighted by molar-refractivity contribution is 6.10. The monoisotopic (exact) mass is 713 g/mol. The first kappa shape index (κ1) is 29.0. The van der Waals surface area contributed by atoms with Gasteiger partial charge in [-0.3, -0.25) is 0 Å². The third kappa shape index (κ3) is 5.82. The summed E-state index contributed by atoms with van der Waals surface area (Å²) in [7, 11) is 4.10. The van der Waals surface area contributed by atoms with Crippen molar-refractivity contribution >= 4 is 44.1 Å². The van der Waals surface area contributed by atoms with Crippen LogP contribution in [0.2, 0.25) is 0 Å². The summed E-state index contributed by atoms with van der Waals surface area (Å²) in [6.45, 7) is 8.87. The maximum Gasteiger partial charge on any atom is 0.169 e. The zero-order chi connectivity index (χ0) is 24.7. The number of rotatable bonds is 4. The van der Waals surface area contributed by atoms with E-state index in [0.717, 1.165) is 0 Å². The fraction of sp³-hybridized carbons (Fsp3) is 0.188. The van der Waals surface area contributed by atoms with Gasteiger partial charge in [-0.15, -0.1) is 0 Å². The van der Waals surface area contributed by atoms with E-state index in [-0.39, 0.29) is 48.0 Å². The van der Waals surface area contributed by atoms with Crippen molar-refractivity contribution in [2.45, 2.75) is 27.7 Å². The number of nitrogens with one attached hydrogen (secondary N) is 1. The van der Waals surface area contributed by atoms with Gasteiger partial charge in [-0.25, -0.2) is 9.13 Å². The number of hydrogen-bond donors (Lipinski definition) is 1. The minimum Gasteiger partial charge on any atom is -1.00 e. The Balaban J connectivity index is 0.00000190. The van der Waals surface area contributed by atoms with Gasteiger partial charge in [-0.05, 0) is 96.5 Å². The Morgan fingerprint density at radius 3 is 1.16 bits per heavy atom. The average Bonchev–Trinajstić information content (AvgIpc) is 3.25. The molecule has 0 saturated heterocycles. The van der Waals surface area contributed by atoms with Crippen LogP contribution < -0.4 is 57.1 Å². The van der Waals surface area contributed by atoms with Crippen LogP contribution in [-0.4, -0.2) is 4.98 Å². The van der Waals surface area contributed by atoms with Gasteiger partial charge in [-0.2, -0.15) is 0 Å². The Bertz CT molecular complexity index is 1500. The molecule has 0 saturated carbocycles. The first-order chi connectivity index (χ1) is 16.8. The Morgan fingerprint density at radius 2 is 0.811 bits per heavy atom. The van der Waals surface area contributed by atoms with Crippen molar-refractivity contribution in [2.24, 2.45) is 14.1 Å². The minimum absolute atomic E-state index is 0. The maximum atomic E-state index is 3.61. The Hall–Kier alpha value is -2.52. The van der Waals surface area contributed by atoms with E-state index < -0.39 is 0 Å². The molecule has 0 aliphatic rings. The second-order valence-corrected chi connectivity index (χ2v) is 9.65. The lowest BCUT2D eigenvalue weighted by molar-refractivity contribution is -0.671. The molecule has 5 rings (SSSR count). The summed E-state index contributed by atoms with van der Waals surface area (Å²) in [5.41, 5.74) is 12.6. The van der Waals surface area contributed by atoms with Gasteiger partial charge in [-0.1, -0.05) is 12.1 Å². The van der Waals surface area contributed by atoms with Gasteiger partial charge in [0.2, 0.25) is 0 Å². The zero-order valence-electron chi connectivity index (χ0n) is 22.2. The van der Waals surface area contributed by atoms with E-state index >= 15 is 0 Å². The lowest BCUT2D eigenvalue weighted by Crippen LogP contribution is -3.00. The number of aromatic amines is 1. The molecule has 190 valence electrons. The van der Waals surface area contributed by atoms with Crippen LogP contribution in [0.5, 0.6) is 0 Å². The molecule has 3 heterocycles. The summed E-state index contributed by atoms with van der Waals surface area (Å²) in [5.74, 6) is 0. The number of allylic oxidation sites excluding steroid dienone is 4. The molecule has 2 aromatic carbocycles. The molecule has 3 nitrogen and oxygen atoms in total. The van der Waals surface area contributed by atoms with Crippen LogP contribution in [0.15, 0.2) is 85.5 Å². The number of pyridine rings is 2. The Morgan fingerprint density at radius 1 is 0.486 bits per heavy atom. The van der Waals surface area contributed by atoms with Crippen LogP contribution in [0.3, 0.4) is 0 Å². The van der Waals surface area contributed by atoms with Crippen molar-refractivity contribution in [2.75, 3.05) is 0 Å². The summed E-state index contributed by atoms with van der Waals surface area (Å²) < 4.78 is 4.13. The molecule has 3 aromatic heterocycles. The lowest BCUT2D eigenvalue weighted by Gasteiger charge is -2.10. The van der Waals surface area contributed by atoms with Crippen molar-refractivity contribution < 1.29 is 57.1 Å². The largest absolute Gasteiger partial charge is 1.00 e. The van der Waals surface area contributed by atoms with Crippen molar-refractivity contribution in [3.05, 3.63) is 108 Å². The summed E-state index contributed by atoms with van der Waals surface area (Å²) in [6, 6.07) is 22.3. The topological polar surface area (TPSA) is 23.5 Å². The molecule has 37 heavy (non-hydrogen) atoms. The van der Waals surface area contributed by atoms with Gasteiger partial charge in [0.05, 0.1) is 0 Å². The number of fused-ring (bicyclic) bond motifs is 3. The fourth-order valence-electron chi connectivity index (χ4n) is 4.73. The summed E-state index contributed by atoms with van der Waals surface area (Å²) >= 11 is 0. The van der Waals surface area contributed by atoms with Crippen LogP contribution >= 0.6 is 0 Å². The molecule has 0 fully saturated rings. The number of halogens is 2. The van der Waals surface area contributed by atoms with Crippen LogP contribution in [0.1, 0.15) is 49.9 Å². The van der Waals surface area contributed by atoms with Gasteiger partial charge in [0, 0.05) is 46.1 Å². The maximum absolute atomic E-state index is 3.61. The number of aromatic nitrogens is 3. The molecule has 0 spiro atoms. The van der Waals surface area contributed by atoms with Crippen LogP contribution in [0.4, 0.5) is 0 Å². The Labute approximate surface area is 254 Å². The summed E-state index contributed by atoms with van der Waals surface area (Å²) in [5, 5.41) is 2.53. The average molecular weight is 713 g/mol. The zero-order valence-corrected chi connectivity index (χ0v) is 26.5. The number of nitrogens with zero attached hydrogens (tertiary/aromatic N) is 2. The number of hydrogen-bond acceptors (Lipinski definition) is 0. The van der Waals surface area contributed by atoms with Crippen molar-refractivity contribution in [1.82, 2.24) is 4.98 Å². The van der Waals surface area contributed by atoms with E-state index in [2.05, 4.69) is 127 Å². The molecule has 1 N–H and O–H groups in total. The Kier molecular flexibility index (Phi) is 9.34. The van der Waals surface area contributed by atoms with Crippen LogP contribution in [-0.2, 0) is 14.1 Å². The molecular weight excluding hydrogens is 680 g/mol. The molecule has 0 bridgehead atoms. The third-order valence-corrected chi connectivity index (χ3v) is 7.41. The van der Waals surface area contributed by atoms with Crippen molar-refractivity contribution in [3.63, 3.8) is 0 Å². The molecule has 0 radical (unpaired) electrons. The molecular formula is C32H33I2N3. The second kappa shape index (κ2) is 11.9. The molecule has 0 atom stereocenters. The molecule has 5 aromatic rings. The van der Waals surface area contributed by atoms with Crippen molar-refractivity contribution in [3.8, 4) is 0 Å². The van der Waals surface area contributed by atoms with Crippen molar-refractivity contribution in [1.29, 1.82) is 0 Å². The highest BCUT2D eigenvalue weighted by atomic mass is 127. The second-order valence-electron chi connectivity index (χ2n) is 9.65. The molecule has 5 heteroatoms. The molecule has 0 unspecified atom stereocenters. The van der Waals surface area contributed by atoms with Crippen LogP contribution in [0.25, 0.3) is 44.1 Å². The van der Waals surface area contributed by atoms with E-state index in [1.807, 2.05) is 14.1 Å². The van der Waals surface area contributed by atoms with Gasteiger partial charge in [0.15, 0.2) is 24.8 Å². The summed E-state index contributed by atoms with van der Waals surface area (Å²) in [6.07, 6.45) is 8.40. The van der Waals surface area contributed by atoms with E-state index in [9.17, 15) is 0 Å². The number of benzene rings is 2.